The molecule has 2 aromatic rings. The van der Waals surface area contributed by atoms with Crippen LogP contribution in [0.2, 0.25) is 0 Å². The molecule has 3 nitrogen and oxygen atoms in total. The number of nitriles is 1. The van der Waals surface area contributed by atoms with Gasteiger partial charge in [-0.25, -0.2) is 0 Å². The molecule has 0 aliphatic carbocycles. The molecule has 122 valence electrons. The first kappa shape index (κ1) is 15.1. The van der Waals surface area contributed by atoms with Gasteiger partial charge in [0.1, 0.15) is 11.2 Å². The second-order valence-electron chi connectivity index (χ2n) is 6.94. The van der Waals surface area contributed by atoms with Gasteiger partial charge in [0.2, 0.25) is 0 Å². The summed E-state index contributed by atoms with van der Waals surface area (Å²) in [5, 5.41) is 10.3. The molecule has 2 aromatic carbocycles. The first-order valence-electron chi connectivity index (χ1n) is 8.60. The zero-order valence-electron chi connectivity index (χ0n) is 14.2. The number of hydrogen-bond acceptors (Lipinski definition) is 3. The number of anilines is 1. The van der Waals surface area contributed by atoms with E-state index in [4.69, 9.17) is 4.74 Å². The molecule has 2 aliphatic heterocycles. The number of fused-ring (bicyclic) bond motifs is 3. The topological polar surface area (TPSA) is 36.3 Å². The van der Waals surface area contributed by atoms with Crippen molar-refractivity contribution in [3.8, 4) is 11.8 Å². The molecule has 0 unspecified atom stereocenters. The summed E-state index contributed by atoms with van der Waals surface area (Å²) in [4.78, 5) is 2.45. The molecular formula is C21H22N2O. The normalized spacial score (nSPS) is 24.4. The smallest absolute Gasteiger partial charge is 0.122 e. The van der Waals surface area contributed by atoms with Gasteiger partial charge in [0.05, 0.1) is 19.2 Å². The summed E-state index contributed by atoms with van der Waals surface area (Å²) in [5.41, 5.74) is 4.23. The predicted octanol–water partition coefficient (Wildman–Crippen LogP) is 3.99. The number of aryl methyl sites for hydroxylation is 1. The maximum absolute atomic E-state index is 10.3. The lowest BCUT2D eigenvalue weighted by Gasteiger charge is -2.30. The van der Waals surface area contributed by atoms with E-state index in [1.165, 1.54) is 11.3 Å². The Kier molecular flexibility index (Phi) is 3.49. The first-order chi connectivity index (χ1) is 11.7. The van der Waals surface area contributed by atoms with E-state index in [2.05, 4.69) is 54.3 Å². The second-order valence-corrected chi connectivity index (χ2v) is 6.94. The van der Waals surface area contributed by atoms with Gasteiger partial charge in [-0.3, -0.25) is 0 Å². The van der Waals surface area contributed by atoms with Crippen LogP contribution in [0.4, 0.5) is 5.69 Å². The number of ether oxygens (including phenoxy) is 1. The van der Waals surface area contributed by atoms with Crippen molar-refractivity contribution in [2.75, 3.05) is 18.6 Å². The van der Waals surface area contributed by atoms with Gasteiger partial charge < -0.3 is 9.64 Å². The summed E-state index contributed by atoms with van der Waals surface area (Å²) in [7, 11) is 1.70. The highest BCUT2D eigenvalue weighted by molar-refractivity contribution is 5.71. The van der Waals surface area contributed by atoms with E-state index in [9.17, 15) is 5.26 Å². The molecule has 2 aliphatic rings. The largest absolute Gasteiger partial charge is 0.496 e. The maximum Gasteiger partial charge on any atom is 0.122 e. The number of hydrogen-bond donors (Lipinski definition) is 0. The highest BCUT2D eigenvalue weighted by Crippen LogP contribution is 2.52. The van der Waals surface area contributed by atoms with Gasteiger partial charge in [-0.1, -0.05) is 30.3 Å². The van der Waals surface area contributed by atoms with Crippen molar-refractivity contribution in [2.45, 2.75) is 37.6 Å². The fraction of sp³-hybridized carbons (Fsp3) is 0.381. The van der Waals surface area contributed by atoms with Crippen molar-refractivity contribution in [3.05, 3.63) is 59.2 Å². The van der Waals surface area contributed by atoms with Gasteiger partial charge in [-0.05, 0) is 49.4 Å². The van der Waals surface area contributed by atoms with Gasteiger partial charge in [0, 0.05) is 17.8 Å². The molecule has 0 N–H and O–H groups in total. The number of methoxy groups -OCH3 is 1. The van der Waals surface area contributed by atoms with Crippen molar-refractivity contribution in [1.82, 2.24) is 0 Å². The Morgan fingerprint density at radius 1 is 1.29 bits per heavy atom. The Labute approximate surface area is 143 Å². The summed E-state index contributed by atoms with van der Waals surface area (Å²) >= 11 is 0. The lowest BCUT2D eigenvalue weighted by Crippen LogP contribution is -2.41. The van der Waals surface area contributed by atoms with Crippen LogP contribution in [0.3, 0.4) is 0 Å². The molecule has 2 heterocycles. The third-order valence-electron chi connectivity index (χ3n) is 5.65. The van der Waals surface area contributed by atoms with E-state index >= 15 is 0 Å². The Morgan fingerprint density at radius 3 is 2.79 bits per heavy atom. The summed E-state index contributed by atoms with van der Waals surface area (Å²) in [6, 6.07) is 17.7. The first-order valence-corrected chi connectivity index (χ1v) is 8.60. The average Bonchev–Trinajstić information content (AvgIpc) is 3.18. The zero-order chi connectivity index (χ0) is 16.7. The minimum absolute atomic E-state index is 0.268. The van der Waals surface area contributed by atoms with Crippen molar-refractivity contribution >= 4 is 5.69 Å². The summed E-state index contributed by atoms with van der Waals surface area (Å²) < 4.78 is 5.55. The SMILES string of the molecule is COc1cc2c(cc1C)N1CCC[C@@H]1[C@]2(C#N)Cc1ccccc1. The highest BCUT2D eigenvalue weighted by atomic mass is 16.5. The van der Waals surface area contributed by atoms with Crippen molar-refractivity contribution < 1.29 is 4.74 Å². The van der Waals surface area contributed by atoms with Crippen molar-refractivity contribution in [3.63, 3.8) is 0 Å². The molecule has 0 saturated carbocycles. The van der Waals surface area contributed by atoms with Crippen LogP contribution in [-0.4, -0.2) is 19.7 Å². The van der Waals surface area contributed by atoms with Gasteiger partial charge >= 0.3 is 0 Å². The lowest BCUT2D eigenvalue weighted by atomic mass is 9.72. The van der Waals surface area contributed by atoms with E-state index in [1.807, 2.05) is 6.07 Å². The van der Waals surface area contributed by atoms with Crippen LogP contribution in [-0.2, 0) is 11.8 Å². The van der Waals surface area contributed by atoms with E-state index in [0.717, 1.165) is 42.7 Å². The van der Waals surface area contributed by atoms with E-state index in [0.29, 0.717) is 0 Å². The van der Waals surface area contributed by atoms with Gasteiger partial charge in [0.15, 0.2) is 0 Å². The second kappa shape index (κ2) is 5.56. The molecule has 0 bridgehead atoms. The molecule has 0 amide bonds. The third kappa shape index (κ3) is 2.03. The standard InChI is InChI=1S/C21H22N2O/c1-15-11-18-17(12-19(15)24-2)21(14-22,20-9-6-10-23(18)20)13-16-7-4-3-5-8-16/h3-5,7-8,11-12,20H,6,9-10,13H2,1-2H3/t20-,21+/m1/s1. The quantitative estimate of drug-likeness (QED) is 0.858. The molecule has 0 radical (unpaired) electrons. The van der Waals surface area contributed by atoms with Crippen LogP contribution < -0.4 is 9.64 Å². The Hall–Kier alpha value is -2.47. The lowest BCUT2D eigenvalue weighted by molar-refractivity contribution is 0.408. The average molecular weight is 318 g/mol. The van der Waals surface area contributed by atoms with Gasteiger partial charge in [0.25, 0.3) is 0 Å². The van der Waals surface area contributed by atoms with Crippen LogP contribution >= 0.6 is 0 Å². The minimum atomic E-state index is -0.492. The predicted molar refractivity (Wildman–Crippen MR) is 95.5 cm³/mol. The Balaban J connectivity index is 1.89. The van der Waals surface area contributed by atoms with E-state index < -0.39 is 5.41 Å². The molecule has 0 aromatic heterocycles. The fourth-order valence-electron chi connectivity index (χ4n) is 4.54. The molecule has 2 atom stereocenters. The Bertz CT molecular complexity index is 809. The molecule has 4 rings (SSSR count). The van der Waals surface area contributed by atoms with Gasteiger partial charge in [-0.15, -0.1) is 0 Å². The summed E-state index contributed by atoms with van der Waals surface area (Å²) in [5.74, 6) is 0.877. The van der Waals surface area contributed by atoms with E-state index in [1.54, 1.807) is 7.11 Å². The van der Waals surface area contributed by atoms with Crippen LogP contribution in [0.5, 0.6) is 5.75 Å². The summed E-state index contributed by atoms with van der Waals surface area (Å²) in [6.45, 7) is 3.12. The monoisotopic (exact) mass is 318 g/mol. The van der Waals surface area contributed by atoms with Crippen LogP contribution in [0.1, 0.15) is 29.5 Å². The molecule has 3 heteroatoms. The number of nitrogens with zero attached hydrogens (tertiary/aromatic N) is 2. The molecule has 24 heavy (non-hydrogen) atoms. The fourth-order valence-corrected chi connectivity index (χ4v) is 4.54. The zero-order valence-corrected chi connectivity index (χ0v) is 14.2. The van der Waals surface area contributed by atoms with Crippen molar-refractivity contribution in [1.29, 1.82) is 5.26 Å². The van der Waals surface area contributed by atoms with Crippen LogP contribution in [0, 0.1) is 18.3 Å². The maximum atomic E-state index is 10.3. The summed E-state index contributed by atoms with van der Waals surface area (Å²) in [6.07, 6.45) is 2.99. The van der Waals surface area contributed by atoms with Crippen molar-refractivity contribution in [2.24, 2.45) is 0 Å². The van der Waals surface area contributed by atoms with Crippen LogP contribution in [0.15, 0.2) is 42.5 Å². The molecular weight excluding hydrogens is 296 g/mol. The number of benzene rings is 2. The Morgan fingerprint density at radius 2 is 2.08 bits per heavy atom. The van der Waals surface area contributed by atoms with Crippen LogP contribution in [0.25, 0.3) is 0 Å². The molecule has 0 spiro atoms. The molecule has 1 saturated heterocycles. The minimum Gasteiger partial charge on any atom is -0.496 e. The third-order valence-corrected chi connectivity index (χ3v) is 5.65. The molecule has 1 fully saturated rings. The van der Waals surface area contributed by atoms with E-state index in [-0.39, 0.29) is 6.04 Å². The highest BCUT2D eigenvalue weighted by Gasteiger charge is 2.53. The van der Waals surface area contributed by atoms with Gasteiger partial charge in [-0.2, -0.15) is 5.26 Å². The number of rotatable bonds is 3.